The number of rotatable bonds is 3. The first-order valence-corrected chi connectivity index (χ1v) is 5.66. The van der Waals surface area contributed by atoms with Crippen LogP contribution in [0.4, 0.5) is 0 Å². The first-order chi connectivity index (χ1) is 6.86. The highest BCUT2D eigenvalue weighted by Crippen LogP contribution is 2.07. The standard InChI is InChI=1S/C9H13N3OS/c13-9(7-1-2-10-3-7)11-4-8-5-14-6-12-8/h5-7,10H,1-4H2,(H,11,13)/t7-/m0/s1. The molecule has 1 aromatic heterocycles. The molecule has 2 heterocycles. The van der Waals surface area contributed by atoms with E-state index in [1.165, 1.54) is 0 Å². The molecule has 5 heteroatoms. The second-order valence-corrected chi connectivity index (χ2v) is 4.11. The van der Waals surface area contributed by atoms with Crippen molar-refractivity contribution in [1.29, 1.82) is 0 Å². The molecule has 76 valence electrons. The van der Waals surface area contributed by atoms with E-state index in [1.54, 1.807) is 16.8 Å². The van der Waals surface area contributed by atoms with Crippen molar-refractivity contribution in [2.24, 2.45) is 5.92 Å². The summed E-state index contributed by atoms with van der Waals surface area (Å²) in [5.41, 5.74) is 2.72. The molecule has 0 aliphatic carbocycles. The third-order valence-corrected chi connectivity index (χ3v) is 2.99. The molecule has 0 unspecified atom stereocenters. The van der Waals surface area contributed by atoms with Crippen LogP contribution in [0.5, 0.6) is 0 Å². The van der Waals surface area contributed by atoms with Crippen LogP contribution in [0.2, 0.25) is 0 Å². The minimum atomic E-state index is 0.142. The lowest BCUT2D eigenvalue weighted by atomic mass is 10.1. The molecule has 2 rings (SSSR count). The van der Waals surface area contributed by atoms with Crippen molar-refractivity contribution < 1.29 is 4.79 Å². The van der Waals surface area contributed by atoms with Gasteiger partial charge in [-0.25, -0.2) is 4.98 Å². The Balaban J connectivity index is 1.77. The van der Waals surface area contributed by atoms with Gasteiger partial charge in [-0.15, -0.1) is 11.3 Å². The number of amides is 1. The van der Waals surface area contributed by atoms with E-state index in [4.69, 9.17) is 0 Å². The largest absolute Gasteiger partial charge is 0.350 e. The van der Waals surface area contributed by atoms with E-state index < -0.39 is 0 Å². The zero-order valence-electron chi connectivity index (χ0n) is 7.82. The lowest BCUT2D eigenvalue weighted by Gasteiger charge is -2.07. The number of nitrogens with zero attached hydrogens (tertiary/aromatic N) is 1. The Labute approximate surface area is 86.7 Å². The number of hydrogen-bond donors (Lipinski definition) is 2. The molecular weight excluding hydrogens is 198 g/mol. The Morgan fingerprint density at radius 2 is 2.71 bits per heavy atom. The average Bonchev–Trinajstić information content (AvgIpc) is 2.87. The van der Waals surface area contributed by atoms with Crippen LogP contribution in [-0.4, -0.2) is 24.0 Å². The van der Waals surface area contributed by atoms with Gasteiger partial charge in [0.25, 0.3) is 0 Å². The molecule has 14 heavy (non-hydrogen) atoms. The number of nitrogens with one attached hydrogen (secondary N) is 2. The summed E-state index contributed by atoms with van der Waals surface area (Å²) < 4.78 is 0. The van der Waals surface area contributed by atoms with E-state index in [0.717, 1.165) is 25.2 Å². The third kappa shape index (κ3) is 2.30. The molecule has 4 nitrogen and oxygen atoms in total. The van der Waals surface area contributed by atoms with Crippen LogP contribution in [-0.2, 0) is 11.3 Å². The fourth-order valence-electron chi connectivity index (χ4n) is 1.53. The van der Waals surface area contributed by atoms with Crippen LogP contribution in [0.15, 0.2) is 10.9 Å². The second-order valence-electron chi connectivity index (χ2n) is 3.39. The number of hydrogen-bond acceptors (Lipinski definition) is 4. The van der Waals surface area contributed by atoms with Crippen LogP contribution in [0.1, 0.15) is 12.1 Å². The quantitative estimate of drug-likeness (QED) is 0.759. The molecule has 0 radical (unpaired) electrons. The van der Waals surface area contributed by atoms with Crippen LogP contribution in [0, 0.1) is 5.92 Å². The Bertz CT molecular complexity index is 293. The molecule has 0 aromatic carbocycles. The molecule has 1 saturated heterocycles. The van der Waals surface area contributed by atoms with Crippen molar-refractivity contribution in [2.45, 2.75) is 13.0 Å². The maximum Gasteiger partial charge on any atom is 0.224 e. The molecule has 1 aliphatic heterocycles. The van der Waals surface area contributed by atoms with E-state index in [-0.39, 0.29) is 11.8 Å². The highest BCUT2D eigenvalue weighted by atomic mass is 32.1. The molecule has 1 fully saturated rings. The summed E-state index contributed by atoms with van der Waals surface area (Å²) in [6.45, 7) is 2.32. The molecule has 2 N–H and O–H groups in total. The summed E-state index contributed by atoms with van der Waals surface area (Å²) >= 11 is 1.55. The third-order valence-electron chi connectivity index (χ3n) is 2.36. The highest BCUT2D eigenvalue weighted by Gasteiger charge is 2.21. The van der Waals surface area contributed by atoms with Gasteiger partial charge < -0.3 is 10.6 Å². The molecule has 1 aromatic rings. The van der Waals surface area contributed by atoms with Crippen molar-refractivity contribution >= 4 is 17.2 Å². The topological polar surface area (TPSA) is 54.0 Å². The van der Waals surface area contributed by atoms with Crippen LogP contribution < -0.4 is 10.6 Å². The van der Waals surface area contributed by atoms with Crippen molar-refractivity contribution in [3.05, 3.63) is 16.6 Å². The van der Waals surface area contributed by atoms with E-state index in [9.17, 15) is 4.79 Å². The fourth-order valence-corrected chi connectivity index (χ4v) is 2.08. The number of carbonyl (C=O) groups is 1. The summed E-state index contributed by atoms with van der Waals surface area (Å²) in [5.74, 6) is 0.289. The summed E-state index contributed by atoms with van der Waals surface area (Å²) in [7, 11) is 0. The van der Waals surface area contributed by atoms with Gasteiger partial charge >= 0.3 is 0 Å². The van der Waals surface area contributed by atoms with Gasteiger partial charge in [0.15, 0.2) is 0 Å². The van der Waals surface area contributed by atoms with Gasteiger partial charge in [0, 0.05) is 11.9 Å². The lowest BCUT2D eigenvalue weighted by molar-refractivity contribution is -0.124. The van der Waals surface area contributed by atoms with Crippen molar-refractivity contribution in [1.82, 2.24) is 15.6 Å². The van der Waals surface area contributed by atoms with Crippen LogP contribution in [0.3, 0.4) is 0 Å². The first kappa shape index (κ1) is 9.61. The van der Waals surface area contributed by atoms with Gasteiger partial charge in [-0.05, 0) is 13.0 Å². The van der Waals surface area contributed by atoms with Crippen LogP contribution in [0.25, 0.3) is 0 Å². The predicted octanol–water partition coefficient (Wildman–Crippen LogP) is 0.369. The highest BCUT2D eigenvalue weighted by molar-refractivity contribution is 7.07. The Kier molecular flexibility index (Phi) is 3.10. The zero-order valence-corrected chi connectivity index (χ0v) is 8.64. The van der Waals surface area contributed by atoms with Gasteiger partial charge in [-0.1, -0.05) is 0 Å². The fraction of sp³-hybridized carbons (Fsp3) is 0.556. The lowest BCUT2D eigenvalue weighted by Crippen LogP contribution is -2.31. The smallest absolute Gasteiger partial charge is 0.224 e. The monoisotopic (exact) mass is 211 g/mol. The van der Waals surface area contributed by atoms with Gasteiger partial charge in [0.1, 0.15) is 0 Å². The SMILES string of the molecule is O=C(NCc1cscn1)[C@H]1CCNC1. The van der Waals surface area contributed by atoms with Crippen molar-refractivity contribution in [3.63, 3.8) is 0 Å². The molecule has 0 bridgehead atoms. The molecule has 1 atom stereocenters. The summed E-state index contributed by atoms with van der Waals surface area (Å²) in [5, 5.41) is 8.02. The predicted molar refractivity (Wildman–Crippen MR) is 54.9 cm³/mol. The second kappa shape index (κ2) is 4.52. The maximum atomic E-state index is 11.6. The van der Waals surface area contributed by atoms with E-state index >= 15 is 0 Å². The number of aromatic nitrogens is 1. The normalized spacial score (nSPS) is 21.0. The minimum absolute atomic E-state index is 0.142. The number of thiazole rings is 1. The van der Waals surface area contributed by atoms with Crippen molar-refractivity contribution in [3.8, 4) is 0 Å². The Hall–Kier alpha value is -0.940. The van der Waals surface area contributed by atoms with Crippen LogP contribution >= 0.6 is 11.3 Å². The Morgan fingerprint density at radius 3 is 3.36 bits per heavy atom. The molecule has 0 spiro atoms. The summed E-state index contributed by atoms with van der Waals surface area (Å²) in [6.07, 6.45) is 0.947. The maximum absolute atomic E-state index is 11.6. The molecule has 0 saturated carbocycles. The van der Waals surface area contributed by atoms with Gasteiger partial charge in [-0.2, -0.15) is 0 Å². The van der Waals surface area contributed by atoms with Gasteiger partial charge in [-0.3, -0.25) is 4.79 Å². The summed E-state index contributed by atoms with van der Waals surface area (Å²) in [6, 6.07) is 0. The number of carbonyl (C=O) groups excluding carboxylic acids is 1. The average molecular weight is 211 g/mol. The van der Waals surface area contributed by atoms with Crippen molar-refractivity contribution in [2.75, 3.05) is 13.1 Å². The summed E-state index contributed by atoms with van der Waals surface area (Å²) in [4.78, 5) is 15.7. The van der Waals surface area contributed by atoms with Gasteiger partial charge in [0.05, 0.1) is 23.7 Å². The zero-order chi connectivity index (χ0) is 9.80. The molecule has 1 amide bonds. The van der Waals surface area contributed by atoms with E-state index in [1.807, 2.05) is 5.38 Å². The van der Waals surface area contributed by atoms with Gasteiger partial charge in [0.2, 0.25) is 5.91 Å². The van der Waals surface area contributed by atoms with E-state index in [2.05, 4.69) is 15.6 Å². The molecular formula is C9H13N3OS. The first-order valence-electron chi connectivity index (χ1n) is 4.72. The minimum Gasteiger partial charge on any atom is -0.350 e. The molecule has 1 aliphatic rings. The Morgan fingerprint density at radius 1 is 1.79 bits per heavy atom. The van der Waals surface area contributed by atoms with E-state index in [0.29, 0.717) is 6.54 Å².